The van der Waals surface area contributed by atoms with Gasteiger partial charge in [-0.15, -0.1) is 0 Å². The van der Waals surface area contributed by atoms with Crippen molar-refractivity contribution in [3.05, 3.63) is 104 Å². The van der Waals surface area contributed by atoms with E-state index in [0.29, 0.717) is 36.8 Å². The number of benzene rings is 4. The number of aryl methyl sites for hydroxylation is 6. The number of carboxylic acids is 2. The first kappa shape index (κ1) is 74.9. The molecule has 4 aromatic rings. The Hall–Kier alpha value is -5.15. The van der Waals surface area contributed by atoms with E-state index >= 15 is 0 Å². The van der Waals surface area contributed by atoms with Gasteiger partial charge in [-0.25, -0.2) is 0 Å². The fraction of sp³-hybridized carbons (Fsp3) is 0.606. The minimum absolute atomic E-state index is 0. The molecule has 82 heavy (non-hydrogen) atoms. The summed E-state index contributed by atoms with van der Waals surface area (Å²) in [5.74, 6) is -4.82. The Kier molecular flexibility index (Phi) is 40.5. The molecule has 0 aliphatic carbocycles. The number of phenols is 4. The van der Waals surface area contributed by atoms with E-state index in [1.165, 1.54) is 149 Å². The summed E-state index contributed by atoms with van der Waals surface area (Å²) in [5, 5.41) is 60.7. The van der Waals surface area contributed by atoms with Gasteiger partial charge in [-0.1, -0.05) is 178 Å². The third kappa shape index (κ3) is 27.5. The molecule has 0 aliphatic heterocycles. The molecular formula is C71H108N2NiO8. The molecule has 0 saturated carbocycles. The van der Waals surface area contributed by atoms with Crippen molar-refractivity contribution in [2.45, 2.75) is 281 Å². The molecule has 4 rings (SSSR count). The van der Waals surface area contributed by atoms with Gasteiger partial charge in [0, 0.05) is 11.1 Å². The second kappa shape index (κ2) is 44.4. The summed E-state index contributed by atoms with van der Waals surface area (Å²) in [6.45, 7) is 21.8. The second-order valence-corrected chi connectivity index (χ2v) is 22.3. The average molecular weight is 1180 g/mol. The predicted molar refractivity (Wildman–Crippen MR) is 337 cm³/mol. The molecular weight excluding hydrogens is 1070 g/mol. The average Bonchev–Trinajstić information content (AvgIpc) is 3.49. The number of unbranched alkanes of at least 4 members (excludes halogenated alkanes) is 13. The number of aromatic carboxylic acids is 2. The molecule has 0 aromatic heterocycles. The van der Waals surface area contributed by atoms with E-state index in [-0.39, 0.29) is 27.6 Å². The summed E-state index contributed by atoms with van der Waals surface area (Å²) < 4.78 is 0. The standard InChI is InChI=1S/C43H70N2.2C14H20O4.Ni/c1-7-13-19-24-36-30-37(25-20-14-8-2)33-40(32-36)44-42(28-18-12-6)43(29-23-17-11-5)45-41-34-38(26-21-15-9-3)31-39(35-41)27-22-16-10-4;2*1-3-5-7-10-9(6-4-2)8-11(15)13(16)12(10)14(17)18;/h30-35H,7-29H2,1-6H3;2*8,15-16H,3-7H2,1-2H3,(H,17,18);/q;;;+2/p-2. The van der Waals surface area contributed by atoms with Crippen molar-refractivity contribution >= 4 is 34.7 Å². The van der Waals surface area contributed by atoms with Crippen molar-refractivity contribution in [2.24, 2.45) is 9.98 Å². The number of carboxylic acid groups (broad SMARTS) is 2. The van der Waals surface area contributed by atoms with Crippen molar-refractivity contribution < 1.29 is 56.7 Å². The molecule has 0 amide bonds. The van der Waals surface area contributed by atoms with Crippen LogP contribution in [-0.4, -0.2) is 43.8 Å². The molecule has 10 nitrogen and oxygen atoms in total. The third-order valence-electron chi connectivity index (χ3n) is 15.0. The number of carbonyl (C=O) groups excluding carboxylic acids is 2. The van der Waals surface area contributed by atoms with E-state index in [2.05, 4.69) is 77.9 Å². The number of aromatic hydroxyl groups is 4. The second-order valence-electron chi connectivity index (χ2n) is 22.3. The first-order chi connectivity index (χ1) is 39.1. The van der Waals surface area contributed by atoms with Crippen LogP contribution in [0, 0.1) is 0 Å². The largest absolute Gasteiger partial charge is 2.00 e. The summed E-state index contributed by atoms with van der Waals surface area (Å²) in [4.78, 5) is 33.3. The Bertz CT molecular complexity index is 2370. The Morgan fingerprint density at radius 3 is 0.927 bits per heavy atom. The minimum atomic E-state index is -1.44. The van der Waals surface area contributed by atoms with Gasteiger partial charge in [0.1, 0.15) is 0 Å². The van der Waals surface area contributed by atoms with Gasteiger partial charge < -0.3 is 40.2 Å². The summed E-state index contributed by atoms with van der Waals surface area (Å²) in [7, 11) is 0. The molecule has 460 valence electrons. The van der Waals surface area contributed by atoms with Crippen LogP contribution in [0.15, 0.2) is 58.5 Å². The van der Waals surface area contributed by atoms with Gasteiger partial charge in [0.2, 0.25) is 0 Å². The van der Waals surface area contributed by atoms with Crippen molar-refractivity contribution in [1.29, 1.82) is 0 Å². The molecule has 0 bridgehead atoms. The van der Waals surface area contributed by atoms with Crippen LogP contribution in [0.5, 0.6) is 23.0 Å². The number of rotatable bonds is 38. The fourth-order valence-corrected chi connectivity index (χ4v) is 10.4. The molecule has 0 aliphatic rings. The summed E-state index contributed by atoms with van der Waals surface area (Å²) in [6.07, 6.45) is 35.6. The zero-order valence-electron chi connectivity index (χ0n) is 52.6. The van der Waals surface area contributed by atoms with Crippen molar-refractivity contribution in [1.82, 2.24) is 0 Å². The molecule has 4 aromatic carbocycles. The monoisotopic (exact) mass is 1170 g/mol. The van der Waals surface area contributed by atoms with E-state index in [0.717, 1.165) is 106 Å². The van der Waals surface area contributed by atoms with E-state index < -0.39 is 34.9 Å². The predicted octanol–water partition coefficient (Wildman–Crippen LogP) is 17.7. The molecule has 0 spiro atoms. The first-order valence-electron chi connectivity index (χ1n) is 32.1. The number of hydrogen-bond donors (Lipinski definition) is 4. The summed E-state index contributed by atoms with van der Waals surface area (Å²) in [5.41, 5.74) is 12.8. The van der Waals surface area contributed by atoms with E-state index in [4.69, 9.17) is 9.98 Å². The fourth-order valence-electron chi connectivity index (χ4n) is 10.4. The van der Waals surface area contributed by atoms with Gasteiger partial charge in [0.05, 0.1) is 34.7 Å². The van der Waals surface area contributed by atoms with E-state index in [1.807, 2.05) is 27.7 Å². The van der Waals surface area contributed by atoms with Gasteiger partial charge in [-0.05, 0) is 196 Å². The Morgan fingerprint density at radius 1 is 0.354 bits per heavy atom. The molecule has 0 atom stereocenters. The van der Waals surface area contributed by atoms with Crippen LogP contribution >= 0.6 is 0 Å². The van der Waals surface area contributed by atoms with Crippen molar-refractivity contribution in [3.8, 4) is 23.0 Å². The Balaban J connectivity index is 0.000000740. The molecule has 0 fully saturated rings. The van der Waals surface area contributed by atoms with Crippen LogP contribution in [0.4, 0.5) is 11.4 Å². The maximum absolute atomic E-state index is 11.1. The Morgan fingerprint density at radius 2 is 0.646 bits per heavy atom. The first-order valence-corrected chi connectivity index (χ1v) is 32.1. The molecule has 4 N–H and O–H groups in total. The zero-order chi connectivity index (χ0) is 60.0. The number of hydrogen-bond acceptors (Lipinski definition) is 10. The number of phenolic OH excluding ortho intramolecular Hbond substituents is 2. The van der Waals surface area contributed by atoms with Gasteiger partial charge >= 0.3 is 16.5 Å². The summed E-state index contributed by atoms with van der Waals surface area (Å²) >= 11 is 0. The molecule has 0 heterocycles. The van der Waals surface area contributed by atoms with Gasteiger partial charge in [-0.3, -0.25) is 9.98 Å². The SMILES string of the molecule is CCCCCC(=Nc1cc(CCCCC)cc(CCCCC)c1)C(CCCC)=Nc1cc(CCCCC)cc(CCCCC)c1.CCCCc1c(CCC)cc(O)c(O)c1C(=O)[O-].CCCCc1c(CCC)cc(O)c(O)c1C(=O)[O-].[Ni+2]. The maximum Gasteiger partial charge on any atom is 2.00 e. The topological polar surface area (TPSA) is 186 Å². The number of nitrogens with zero attached hydrogens (tertiary/aromatic N) is 2. The van der Waals surface area contributed by atoms with Crippen LogP contribution in [0.2, 0.25) is 0 Å². The van der Waals surface area contributed by atoms with Crippen molar-refractivity contribution in [2.75, 3.05) is 0 Å². The van der Waals surface area contributed by atoms with E-state index in [1.54, 1.807) is 0 Å². The Labute approximate surface area is 507 Å². The van der Waals surface area contributed by atoms with Gasteiger partial charge in [0.25, 0.3) is 0 Å². The van der Waals surface area contributed by atoms with Gasteiger partial charge in [0.15, 0.2) is 23.0 Å². The zero-order valence-corrected chi connectivity index (χ0v) is 53.6. The molecule has 0 radical (unpaired) electrons. The minimum Gasteiger partial charge on any atom is -0.545 e. The molecule has 0 unspecified atom stereocenters. The number of carbonyl (C=O) groups is 2. The molecule has 0 saturated heterocycles. The quantitative estimate of drug-likeness (QED) is 0.0148. The third-order valence-corrected chi connectivity index (χ3v) is 15.0. The number of aliphatic imine (C=N–C) groups is 2. The smallest absolute Gasteiger partial charge is 0.545 e. The van der Waals surface area contributed by atoms with Crippen molar-refractivity contribution in [3.63, 3.8) is 0 Å². The molecule has 11 heteroatoms. The van der Waals surface area contributed by atoms with Crippen LogP contribution in [0.1, 0.15) is 295 Å². The van der Waals surface area contributed by atoms with Crippen LogP contribution < -0.4 is 10.2 Å². The van der Waals surface area contributed by atoms with Crippen LogP contribution in [-0.2, 0) is 67.9 Å². The van der Waals surface area contributed by atoms with Crippen LogP contribution in [0.3, 0.4) is 0 Å². The summed E-state index contributed by atoms with van der Waals surface area (Å²) in [6, 6.07) is 17.4. The van der Waals surface area contributed by atoms with Gasteiger partial charge in [-0.2, -0.15) is 0 Å². The maximum atomic E-state index is 11.1. The normalized spacial score (nSPS) is 11.4. The van der Waals surface area contributed by atoms with Crippen LogP contribution in [0.25, 0.3) is 0 Å². The van der Waals surface area contributed by atoms with E-state index in [9.17, 15) is 40.2 Å².